The van der Waals surface area contributed by atoms with Crippen LogP contribution in [0.1, 0.15) is 51.9 Å². The standard InChI is InChI=1S/C13H27NS/c1-2-7-13-8-10-14(12-13)9-5-3-4-6-11-15/h13,15H,2-12H2,1H3. The molecule has 1 aliphatic heterocycles. The monoisotopic (exact) mass is 229 g/mol. The molecule has 1 aliphatic rings. The van der Waals surface area contributed by atoms with Crippen molar-refractivity contribution in [3.63, 3.8) is 0 Å². The fourth-order valence-corrected chi connectivity index (χ4v) is 2.78. The van der Waals surface area contributed by atoms with E-state index in [1.807, 2.05) is 0 Å². The predicted molar refractivity (Wildman–Crippen MR) is 71.8 cm³/mol. The fraction of sp³-hybridized carbons (Fsp3) is 1.00. The first-order chi connectivity index (χ1) is 7.36. The first-order valence-electron chi connectivity index (χ1n) is 6.70. The lowest BCUT2D eigenvalue weighted by Crippen LogP contribution is -2.21. The van der Waals surface area contributed by atoms with Gasteiger partial charge in [0.25, 0.3) is 0 Å². The van der Waals surface area contributed by atoms with E-state index in [1.54, 1.807) is 0 Å². The third-order valence-electron chi connectivity index (χ3n) is 3.45. The fourth-order valence-electron chi connectivity index (χ4n) is 2.56. The molecule has 1 rings (SSSR count). The van der Waals surface area contributed by atoms with Gasteiger partial charge in [0.05, 0.1) is 0 Å². The van der Waals surface area contributed by atoms with E-state index < -0.39 is 0 Å². The third-order valence-corrected chi connectivity index (χ3v) is 3.77. The van der Waals surface area contributed by atoms with Gasteiger partial charge in [-0.25, -0.2) is 0 Å². The van der Waals surface area contributed by atoms with Crippen molar-refractivity contribution in [1.29, 1.82) is 0 Å². The van der Waals surface area contributed by atoms with Gasteiger partial charge in [0, 0.05) is 6.54 Å². The Morgan fingerprint density at radius 3 is 2.73 bits per heavy atom. The number of likely N-dealkylation sites (tertiary alicyclic amines) is 1. The maximum Gasteiger partial charge on any atom is 0.00101 e. The number of thiol groups is 1. The summed E-state index contributed by atoms with van der Waals surface area (Å²) in [5.74, 6) is 2.06. The van der Waals surface area contributed by atoms with Crippen molar-refractivity contribution in [2.75, 3.05) is 25.4 Å². The van der Waals surface area contributed by atoms with Gasteiger partial charge < -0.3 is 4.90 Å². The third kappa shape index (κ3) is 5.82. The van der Waals surface area contributed by atoms with E-state index in [9.17, 15) is 0 Å². The van der Waals surface area contributed by atoms with Gasteiger partial charge in [-0.2, -0.15) is 12.6 Å². The van der Waals surface area contributed by atoms with Gasteiger partial charge in [-0.1, -0.05) is 26.2 Å². The molecule has 0 aromatic rings. The molecule has 0 N–H and O–H groups in total. The van der Waals surface area contributed by atoms with Crippen LogP contribution in [0.5, 0.6) is 0 Å². The number of rotatable bonds is 8. The normalized spacial score (nSPS) is 22.4. The van der Waals surface area contributed by atoms with Crippen LogP contribution in [-0.2, 0) is 0 Å². The van der Waals surface area contributed by atoms with Gasteiger partial charge in [-0.15, -0.1) is 0 Å². The van der Waals surface area contributed by atoms with Gasteiger partial charge in [0.15, 0.2) is 0 Å². The largest absolute Gasteiger partial charge is 0.303 e. The minimum Gasteiger partial charge on any atom is -0.303 e. The Kier molecular flexibility index (Phi) is 7.54. The molecule has 0 bridgehead atoms. The summed E-state index contributed by atoms with van der Waals surface area (Å²) < 4.78 is 0. The second-order valence-corrected chi connectivity index (χ2v) is 5.33. The molecule has 1 fully saturated rings. The molecule has 15 heavy (non-hydrogen) atoms. The van der Waals surface area contributed by atoms with Crippen molar-refractivity contribution in [2.24, 2.45) is 5.92 Å². The van der Waals surface area contributed by atoms with Crippen LogP contribution in [0.2, 0.25) is 0 Å². The Morgan fingerprint density at radius 2 is 2.00 bits per heavy atom. The smallest absolute Gasteiger partial charge is 0.00101 e. The summed E-state index contributed by atoms with van der Waals surface area (Å²) in [4.78, 5) is 2.67. The summed E-state index contributed by atoms with van der Waals surface area (Å²) in [5.41, 5.74) is 0. The molecule has 90 valence electrons. The number of hydrogen-bond donors (Lipinski definition) is 1. The molecular weight excluding hydrogens is 202 g/mol. The highest BCUT2D eigenvalue weighted by Gasteiger charge is 2.20. The van der Waals surface area contributed by atoms with Crippen LogP contribution in [-0.4, -0.2) is 30.3 Å². The van der Waals surface area contributed by atoms with Gasteiger partial charge >= 0.3 is 0 Å². The van der Waals surface area contributed by atoms with Crippen molar-refractivity contribution in [2.45, 2.75) is 51.9 Å². The van der Waals surface area contributed by atoms with E-state index in [-0.39, 0.29) is 0 Å². The number of nitrogens with zero attached hydrogens (tertiary/aromatic N) is 1. The highest BCUT2D eigenvalue weighted by Crippen LogP contribution is 2.21. The molecule has 0 amide bonds. The lowest BCUT2D eigenvalue weighted by Gasteiger charge is -2.15. The van der Waals surface area contributed by atoms with Crippen LogP contribution in [0.15, 0.2) is 0 Å². The van der Waals surface area contributed by atoms with Crippen LogP contribution in [0.4, 0.5) is 0 Å². The zero-order valence-electron chi connectivity index (χ0n) is 10.2. The van der Waals surface area contributed by atoms with E-state index in [0.29, 0.717) is 0 Å². The first kappa shape index (κ1) is 13.4. The molecule has 0 aromatic heterocycles. The molecule has 0 radical (unpaired) electrons. The molecule has 1 atom stereocenters. The van der Waals surface area contributed by atoms with Crippen LogP contribution < -0.4 is 0 Å². The summed E-state index contributed by atoms with van der Waals surface area (Å²) in [6, 6.07) is 0. The second kappa shape index (κ2) is 8.46. The summed E-state index contributed by atoms with van der Waals surface area (Å²) in [6.45, 7) is 6.38. The van der Waals surface area contributed by atoms with Gasteiger partial charge in [0.2, 0.25) is 0 Å². The molecule has 0 aromatic carbocycles. The van der Waals surface area contributed by atoms with Gasteiger partial charge in [-0.05, 0) is 50.4 Å². The molecule has 2 heteroatoms. The average molecular weight is 229 g/mol. The van der Waals surface area contributed by atoms with Crippen molar-refractivity contribution < 1.29 is 0 Å². The van der Waals surface area contributed by atoms with Gasteiger partial charge in [-0.3, -0.25) is 0 Å². The maximum atomic E-state index is 4.23. The molecule has 1 unspecified atom stereocenters. The average Bonchev–Trinajstić information content (AvgIpc) is 2.66. The molecule has 1 heterocycles. The second-order valence-electron chi connectivity index (χ2n) is 4.88. The predicted octanol–water partition coefficient (Wildman–Crippen LogP) is 3.60. The maximum absolute atomic E-state index is 4.23. The van der Waals surface area contributed by atoms with Crippen molar-refractivity contribution >= 4 is 12.6 Å². The quantitative estimate of drug-likeness (QED) is 0.492. The number of unbranched alkanes of at least 4 members (excludes halogenated alkanes) is 3. The number of hydrogen-bond acceptors (Lipinski definition) is 2. The summed E-state index contributed by atoms with van der Waals surface area (Å²) in [6.07, 6.45) is 9.71. The van der Waals surface area contributed by atoms with Crippen molar-refractivity contribution in [1.82, 2.24) is 4.90 Å². The van der Waals surface area contributed by atoms with E-state index in [1.165, 1.54) is 64.6 Å². The highest BCUT2D eigenvalue weighted by atomic mass is 32.1. The molecular formula is C13H27NS. The summed E-state index contributed by atoms with van der Waals surface area (Å²) in [5, 5.41) is 0. The Bertz CT molecular complexity index is 149. The zero-order chi connectivity index (χ0) is 10.9. The zero-order valence-corrected chi connectivity index (χ0v) is 11.1. The van der Waals surface area contributed by atoms with E-state index in [0.717, 1.165) is 11.7 Å². The Balaban J connectivity index is 1.94. The molecule has 1 nitrogen and oxygen atoms in total. The van der Waals surface area contributed by atoms with E-state index >= 15 is 0 Å². The van der Waals surface area contributed by atoms with E-state index in [4.69, 9.17) is 0 Å². The van der Waals surface area contributed by atoms with Crippen LogP contribution in [0.3, 0.4) is 0 Å². The molecule has 0 aliphatic carbocycles. The van der Waals surface area contributed by atoms with Crippen molar-refractivity contribution in [3.8, 4) is 0 Å². The Hall–Kier alpha value is 0.310. The first-order valence-corrected chi connectivity index (χ1v) is 7.33. The van der Waals surface area contributed by atoms with E-state index in [2.05, 4.69) is 24.5 Å². The highest BCUT2D eigenvalue weighted by molar-refractivity contribution is 7.80. The minimum absolute atomic E-state index is 1.01. The Labute approximate surface area is 101 Å². The topological polar surface area (TPSA) is 3.24 Å². The lowest BCUT2D eigenvalue weighted by atomic mass is 10.0. The Morgan fingerprint density at radius 1 is 1.20 bits per heavy atom. The van der Waals surface area contributed by atoms with Gasteiger partial charge in [0.1, 0.15) is 0 Å². The van der Waals surface area contributed by atoms with Crippen LogP contribution in [0, 0.1) is 5.92 Å². The van der Waals surface area contributed by atoms with Crippen LogP contribution in [0.25, 0.3) is 0 Å². The van der Waals surface area contributed by atoms with Crippen molar-refractivity contribution in [3.05, 3.63) is 0 Å². The summed E-state index contributed by atoms with van der Waals surface area (Å²) >= 11 is 4.23. The summed E-state index contributed by atoms with van der Waals surface area (Å²) in [7, 11) is 0. The SMILES string of the molecule is CCCC1CCN(CCCCCCS)C1. The molecule has 0 spiro atoms. The molecule has 1 saturated heterocycles. The molecule has 0 saturated carbocycles. The lowest BCUT2D eigenvalue weighted by molar-refractivity contribution is 0.311. The minimum atomic E-state index is 1.01. The van der Waals surface area contributed by atoms with Crippen LogP contribution >= 0.6 is 12.6 Å².